The first-order valence-electron chi connectivity index (χ1n) is 37.3. The number of likely N-dealkylation sites (N-methyl/N-ethyl adjacent to an activating group) is 1. The van der Waals surface area contributed by atoms with Crippen LogP contribution in [0.5, 0.6) is 0 Å². The van der Waals surface area contributed by atoms with Crippen LogP contribution in [0.2, 0.25) is 0 Å². The molecule has 2 atom stereocenters. The zero-order valence-electron chi connectivity index (χ0n) is 58.4. The van der Waals surface area contributed by atoms with Crippen LogP contribution in [0.3, 0.4) is 0 Å². The van der Waals surface area contributed by atoms with E-state index in [1.807, 2.05) is 21.1 Å². The molecule has 0 aliphatic heterocycles. The molecule has 0 aliphatic carbocycles. The van der Waals surface area contributed by atoms with Gasteiger partial charge >= 0.3 is 11.9 Å². The number of nitrogens with zero attached hydrogens (tertiary/aromatic N) is 1. The molecule has 0 amide bonds. The number of ether oxygens (including phenoxy) is 2. The van der Waals surface area contributed by atoms with E-state index in [1.165, 1.54) is 238 Å². The first-order chi connectivity index (χ1) is 43.0. The maximum Gasteiger partial charge on any atom is 0.306 e. The van der Waals surface area contributed by atoms with E-state index in [0.717, 1.165) is 77.0 Å². The predicted octanol–water partition coefficient (Wildman–Crippen LogP) is 23.9. The van der Waals surface area contributed by atoms with E-state index >= 15 is 0 Å². The summed E-state index contributed by atoms with van der Waals surface area (Å²) in [5.41, 5.74) is 0. The fourth-order valence-electron chi connectivity index (χ4n) is 10.7. The van der Waals surface area contributed by atoms with Gasteiger partial charge in [0.1, 0.15) is 19.8 Å². The second-order valence-corrected chi connectivity index (χ2v) is 27.7. The quantitative estimate of drug-likeness (QED) is 0.0195. The summed E-state index contributed by atoms with van der Waals surface area (Å²) in [6.07, 6.45) is 93.9. The van der Waals surface area contributed by atoms with Crippen molar-refractivity contribution in [2.75, 3.05) is 47.5 Å². The topological polar surface area (TPSA) is 111 Å². The van der Waals surface area contributed by atoms with Crippen molar-refractivity contribution >= 4 is 19.8 Å². The van der Waals surface area contributed by atoms with Crippen LogP contribution in [0.25, 0.3) is 0 Å². The number of phosphoric ester groups is 1. The van der Waals surface area contributed by atoms with Gasteiger partial charge in [-0.05, 0) is 89.9 Å². The first-order valence-corrected chi connectivity index (χ1v) is 38.8. The van der Waals surface area contributed by atoms with Crippen molar-refractivity contribution in [3.05, 3.63) is 85.1 Å². The minimum atomic E-state index is -4.64. The number of allylic oxidation sites excluding steroid dienone is 14. The Morgan fingerprint density at radius 2 is 0.648 bits per heavy atom. The molecule has 0 aromatic rings. The summed E-state index contributed by atoms with van der Waals surface area (Å²) < 4.78 is 34.4. The molecular weight excluding hydrogens is 1110 g/mol. The van der Waals surface area contributed by atoms with Gasteiger partial charge in [-0.2, -0.15) is 0 Å². The van der Waals surface area contributed by atoms with E-state index in [0.29, 0.717) is 17.4 Å². The maximum absolute atomic E-state index is 12.9. The van der Waals surface area contributed by atoms with Gasteiger partial charge in [-0.3, -0.25) is 14.2 Å². The number of hydrogen-bond acceptors (Lipinski definition) is 8. The van der Waals surface area contributed by atoms with Gasteiger partial charge in [0.15, 0.2) is 6.10 Å². The van der Waals surface area contributed by atoms with Crippen molar-refractivity contribution in [3.8, 4) is 0 Å². The second-order valence-electron chi connectivity index (χ2n) is 26.3. The Balaban J connectivity index is 3.98. The molecule has 0 N–H and O–H groups in total. The lowest BCUT2D eigenvalue weighted by Crippen LogP contribution is -2.37. The van der Waals surface area contributed by atoms with Gasteiger partial charge in [0, 0.05) is 12.8 Å². The van der Waals surface area contributed by atoms with Gasteiger partial charge in [0.25, 0.3) is 7.82 Å². The molecular formula is C78H142NO8P. The maximum atomic E-state index is 12.9. The number of carbonyl (C=O) groups excluding carboxylic acids is 2. The predicted molar refractivity (Wildman–Crippen MR) is 379 cm³/mol. The number of carbonyl (C=O) groups is 2. The molecule has 0 rings (SSSR count). The molecule has 0 fully saturated rings. The molecule has 0 spiro atoms. The van der Waals surface area contributed by atoms with E-state index < -0.39 is 26.5 Å². The van der Waals surface area contributed by atoms with Gasteiger partial charge in [-0.15, -0.1) is 0 Å². The highest BCUT2D eigenvalue weighted by Crippen LogP contribution is 2.38. The van der Waals surface area contributed by atoms with E-state index in [-0.39, 0.29) is 32.0 Å². The van der Waals surface area contributed by atoms with Gasteiger partial charge in [0.05, 0.1) is 27.7 Å². The van der Waals surface area contributed by atoms with Crippen LogP contribution < -0.4 is 4.89 Å². The Hall–Kier alpha value is -2.81. The van der Waals surface area contributed by atoms with Crippen molar-refractivity contribution < 1.29 is 42.1 Å². The Kier molecular flexibility index (Phi) is 66.4. The molecule has 0 heterocycles. The van der Waals surface area contributed by atoms with Crippen LogP contribution in [0.15, 0.2) is 85.1 Å². The summed E-state index contributed by atoms with van der Waals surface area (Å²) in [6, 6.07) is 0. The molecule has 0 aromatic carbocycles. The molecule has 512 valence electrons. The summed E-state index contributed by atoms with van der Waals surface area (Å²) in [5.74, 6) is -0.818. The molecule has 0 aromatic heterocycles. The average Bonchev–Trinajstić information content (AvgIpc) is 3.68. The Morgan fingerprint density at radius 3 is 0.966 bits per heavy atom. The molecule has 2 unspecified atom stereocenters. The highest BCUT2D eigenvalue weighted by atomic mass is 31.2. The molecule has 10 heteroatoms. The number of phosphoric acid groups is 1. The Labute approximate surface area is 545 Å². The van der Waals surface area contributed by atoms with E-state index in [9.17, 15) is 19.0 Å². The van der Waals surface area contributed by atoms with Crippen LogP contribution in [-0.2, 0) is 32.7 Å². The highest BCUT2D eigenvalue weighted by molar-refractivity contribution is 7.45. The van der Waals surface area contributed by atoms with Crippen LogP contribution in [-0.4, -0.2) is 70.0 Å². The summed E-state index contributed by atoms with van der Waals surface area (Å²) in [4.78, 5) is 38.1. The number of hydrogen-bond donors (Lipinski definition) is 0. The monoisotopic (exact) mass is 1250 g/mol. The van der Waals surface area contributed by atoms with Gasteiger partial charge in [-0.25, -0.2) is 0 Å². The van der Waals surface area contributed by atoms with E-state index in [2.05, 4.69) is 98.9 Å². The third kappa shape index (κ3) is 72.3. The zero-order chi connectivity index (χ0) is 64.1. The van der Waals surface area contributed by atoms with Crippen molar-refractivity contribution in [3.63, 3.8) is 0 Å². The first kappa shape index (κ1) is 85.2. The summed E-state index contributed by atoms with van der Waals surface area (Å²) in [5, 5.41) is 0. The highest BCUT2D eigenvalue weighted by Gasteiger charge is 2.22. The van der Waals surface area contributed by atoms with Gasteiger partial charge in [-0.1, -0.05) is 330 Å². The minimum Gasteiger partial charge on any atom is -0.756 e. The lowest BCUT2D eigenvalue weighted by molar-refractivity contribution is -0.870. The van der Waals surface area contributed by atoms with Crippen molar-refractivity contribution in [2.45, 2.75) is 354 Å². The molecule has 0 radical (unpaired) electrons. The largest absolute Gasteiger partial charge is 0.756 e. The van der Waals surface area contributed by atoms with Crippen molar-refractivity contribution in [2.24, 2.45) is 0 Å². The van der Waals surface area contributed by atoms with Gasteiger partial charge in [0.2, 0.25) is 0 Å². The molecule has 88 heavy (non-hydrogen) atoms. The second kappa shape index (κ2) is 68.6. The smallest absolute Gasteiger partial charge is 0.306 e. The Bertz CT molecular complexity index is 1760. The molecule has 0 saturated heterocycles. The fourth-order valence-corrected chi connectivity index (χ4v) is 11.4. The van der Waals surface area contributed by atoms with Crippen LogP contribution in [0, 0.1) is 0 Å². The Morgan fingerprint density at radius 1 is 0.364 bits per heavy atom. The van der Waals surface area contributed by atoms with Crippen LogP contribution in [0.1, 0.15) is 348 Å². The number of rotatable bonds is 69. The van der Waals surface area contributed by atoms with Crippen LogP contribution >= 0.6 is 7.82 Å². The average molecular weight is 1250 g/mol. The summed E-state index contributed by atoms with van der Waals surface area (Å²) in [6.45, 7) is 4.16. The standard InChI is InChI=1S/C78H142NO8P/c1-6-8-10-12-14-16-18-20-22-24-26-28-30-32-34-36-38-39-41-42-44-46-48-50-52-54-56-58-60-62-64-66-68-70-77(80)84-74-76(75-86-88(82,83)85-73-72-79(3,4)5)87-78(81)71-69-67-65-63-61-59-57-55-53-51-49-47-45-43-40-37-35-33-31-29-27-25-23-21-19-17-15-13-11-9-7-2/h9,11,15,17-18,20-21,23-24,26-27,29-30,32,76H,6-8,10,12-14,16,19,22,25,28,31,33-75H2,1-5H3/b11-9-,17-15-,20-18-,23-21-,26-24-,29-27-,32-30-. The molecule has 0 aliphatic rings. The third-order valence-corrected chi connectivity index (χ3v) is 17.4. The minimum absolute atomic E-state index is 0.0309. The van der Waals surface area contributed by atoms with Crippen molar-refractivity contribution in [1.82, 2.24) is 0 Å². The normalized spacial score (nSPS) is 13.6. The molecule has 0 bridgehead atoms. The number of esters is 2. The fraction of sp³-hybridized carbons (Fsp3) is 0.795. The number of unbranched alkanes of at least 4 members (excludes halogenated alkanes) is 41. The van der Waals surface area contributed by atoms with E-state index in [4.69, 9.17) is 18.5 Å². The molecule has 0 saturated carbocycles. The van der Waals surface area contributed by atoms with E-state index in [1.54, 1.807) is 0 Å². The zero-order valence-corrected chi connectivity index (χ0v) is 59.3. The number of quaternary nitrogens is 1. The lowest BCUT2D eigenvalue weighted by Gasteiger charge is -2.28. The molecule has 9 nitrogen and oxygen atoms in total. The third-order valence-electron chi connectivity index (χ3n) is 16.4. The summed E-state index contributed by atoms with van der Waals surface area (Å²) in [7, 11) is 1.18. The van der Waals surface area contributed by atoms with Crippen molar-refractivity contribution in [1.29, 1.82) is 0 Å². The SMILES string of the molecule is CC/C=C\C/C=C\C/C=C\C/C=C\CCCCCCCCCCCCCCCCCCCCC(=O)OC(COC(=O)CCCCCCCCCCCCCCCCCCCC/C=C\C/C=C\C/C=C\CCCCCCC)COP(=O)([O-])OCC[N+](C)(C)C. The summed E-state index contributed by atoms with van der Waals surface area (Å²) >= 11 is 0. The van der Waals surface area contributed by atoms with Crippen LogP contribution in [0.4, 0.5) is 0 Å². The van der Waals surface area contributed by atoms with Gasteiger partial charge < -0.3 is 27.9 Å². The lowest BCUT2D eigenvalue weighted by atomic mass is 10.0.